The number of hydrogen-bond donors (Lipinski definition) is 1. The highest BCUT2D eigenvalue weighted by molar-refractivity contribution is 9.10. The maximum Gasteiger partial charge on any atom is 0.232 e. The van der Waals surface area contributed by atoms with E-state index in [1.807, 2.05) is 0 Å². The highest BCUT2D eigenvalue weighted by Crippen LogP contribution is 2.47. The average Bonchev–Trinajstić information content (AvgIpc) is 2.15. The minimum absolute atomic E-state index is 0.116. The van der Waals surface area contributed by atoms with E-state index >= 15 is 0 Å². The third-order valence-corrected chi connectivity index (χ3v) is 3.92. The molecule has 2 aliphatic rings. The standard InChI is InChI=1S/C11H11BrN2O/c12-8-4-7-5-11(2-1-3-11)10(15)14-9(7)13-6-8/h4,6H,1-3,5H2,(H,13,14,15). The summed E-state index contributed by atoms with van der Waals surface area (Å²) in [5.41, 5.74) is 1.04. The summed E-state index contributed by atoms with van der Waals surface area (Å²) in [4.78, 5) is 16.1. The Morgan fingerprint density at radius 3 is 2.93 bits per heavy atom. The van der Waals surface area contributed by atoms with E-state index in [1.54, 1.807) is 6.20 Å². The number of aromatic nitrogens is 1. The second-order valence-corrected chi connectivity index (χ2v) is 5.34. The van der Waals surface area contributed by atoms with Gasteiger partial charge in [0.25, 0.3) is 0 Å². The van der Waals surface area contributed by atoms with Gasteiger partial charge in [-0.1, -0.05) is 6.42 Å². The van der Waals surface area contributed by atoms with E-state index in [4.69, 9.17) is 0 Å². The third-order valence-electron chi connectivity index (χ3n) is 3.49. The summed E-state index contributed by atoms with van der Waals surface area (Å²) in [6.07, 6.45) is 5.78. The number of nitrogens with one attached hydrogen (secondary N) is 1. The van der Waals surface area contributed by atoms with Crippen LogP contribution >= 0.6 is 15.9 Å². The second-order valence-electron chi connectivity index (χ2n) is 4.43. The molecule has 1 aliphatic heterocycles. The second kappa shape index (κ2) is 3.04. The normalized spacial score (nSPS) is 21.8. The maximum absolute atomic E-state index is 11.9. The summed E-state index contributed by atoms with van der Waals surface area (Å²) in [5, 5.41) is 2.91. The lowest BCUT2D eigenvalue weighted by Gasteiger charge is -2.43. The quantitative estimate of drug-likeness (QED) is 0.784. The fourth-order valence-corrected chi connectivity index (χ4v) is 2.80. The number of anilines is 1. The van der Waals surface area contributed by atoms with Gasteiger partial charge in [0.15, 0.2) is 0 Å². The van der Waals surface area contributed by atoms with Gasteiger partial charge < -0.3 is 5.32 Å². The largest absolute Gasteiger partial charge is 0.310 e. The van der Waals surface area contributed by atoms with E-state index < -0.39 is 0 Å². The molecular weight excluding hydrogens is 256 g/mol. The molecule has 1 aromatic rings. The molecule has 1 aromatic heterocycles. The summed E-state index contributed by atoms with van der Waals surface area (Å²) in [6, 6.07) is 2.06. The Morgan fingerprint density at radius 1 is 1.47 bits per heavy atom. The average molecular weight is 267 g/mol. The molecule has 78 valence electrons. The summed E-state index contributed by atoms with van der Waals surface area (Å²) >= 11 is 3.41. The van der Waals surface area contributed by atoms with Crippen molar-refractivity contribution in [1.29, 1.82) is 0 Å². The first-order valence-electron chi connectivity index (χ1n) is 5.16. The van der Waals surface area contributed by atoms with Crippen molar-refractivity contribution in [3.05, 3.63) is 22.3 Å². The van der Waals surface area contributed by atoms with Gasteiger partial charge >= 0.3 is 0 Å². The van der Waals surface area contributed by atoms with Crippen LogP contribution in [0.5, 0.6) is 0 Å². The van der Waals surface area contributed by atoms with Crippen LogP contribution in [0.1, 0.15) is 24.8 Å². The molecule has 0 bridgehead atoms. The van der Waals surface area contributed by atoms with Crippen LogP contribution in [0.4, 0.5) is 5.82 Å². The summed E-state index contributed by atoms with van der Waals surface area (Å²) in [6.45, 7) is 0. The number of nitrogens with zero attached hydrogens (tertiary/aromatic N) is 1. The van der Waals surface area contributed by atoms with Crippen molar-refractivity contribution >= 4 is 27.7 Å². The Hall–Kier alpha value is -0.900. The molecule has 1 spiro atoms. The molecule has 4 heteroatoms. The van der Waals surface area contributed by atoms with Gasteiger partial charge in [0.05, 0.1) is 5.41 Å². The van der Waals surface area contributed by atoms with Crippen molar-refractivity contribution < 1.29 is 4.79 Å². The molecule has 0 radical (unpaired) electrons. The molecule has 1 amide bonds. The molecule has 3 nitrogen and oxygen atoms in total. The molecule has 1 N–H and O–H groups in total. The van der Waals surface area contributed by atoms with Gasteiger partial charge in [-0.05, 0) is 46.8 Å². The summed E-state index contributed by atoms with van der Waals surface area (Å²) < 4.78 is 0.979. The van der Waals surface area contributed by atoms with E-state index in [0.717, 1.165) is 35.1 Å². The molecule has 0 atom stereocenters. The predicted octanol–water partition coefficient (Wildman–Crippen LogP) is 2.51. The van der Waals surface area contributed by atoms with E-state index in [1.165, 1.54) is 6.42 Å². The number of carbonyl (C=O) groups excluding carboxylic acids is 1. The Balaban J connectivity index is 2.03. The maximum atomic E-state index is 11.9. The van der Waals surface area contributed by atoms with Gasteiger partial charge in [-0.2, -0.15) is 0 Å². The van der Waals surface area contributed by atoms with E-state index in [0.29, 0.717) is 0 Å². The molecule has 1 saturated carbocycles. The topological polar surface area (TPSA) is 42.0 Å². The number of fused-ring (bicyclic) bond motifs is 1. The van der Waals surface area contributed by atoms with E-state index in [2.05, 4.69) is 32.3 Å². The van der Waals surface area contributed by atoms with Crippen LogP contribution in [0.2, 0.25) is 0 Å². The first-order valence-corrected chi connectivity index (χ1v) is 5.95. The molecular formula is C11H11BrN2O. The van der Waals surface area contributed by atoms with Crippen LogP contribution in [0, 0.1) is 5.41 Å². The Kier molecular flexibility index (Phi) is 1.89. The van der Waals surface area contributed by atoms with Crippen molar-refractivity contribution in [2.45, 2.75) is 25.7 Å². The number of carbonyl (C=O) groups is 1. The SMILES string of the molecule is O=C1Nc2ncc(Br)cc2CC12CCC2. The summed E-state index contributed by atoms with van der Waals surface area (Å²) in [7, 11) is 0. The molecule has 2 heterocycles. The van der Waals surface area contributed by atoms with E-state index in [9.17, 15) is 4.79 Å². The van der Waals surface area contributed by atoms with Crippen LogP contribution in [-0.4, -0.2) is 10.9 Å². The van der Waals surface area contributed by atoms with Crippen LogP contribution in [0.3, 0.4) is 0 Å². The zero-order valence-electron chi connectivity index (χ0n) is 8.22. The van der Waals surface area contributed by atoms with Crippen molar-refractivity contribution in [2.24, 2.45) is 5.41 Å². The van der Waals surface area contributed by atoms with Gasteiger partial charge in [0.2, 0.25) is 5.91 Å². The van der Waals surface area contributed by atoms with Crippen LogP contribution in [0.25, 0.3) is 0 Å². The van der Waals surface area contributed by atoms with E-state index in [-0.39, 0.29) is 11.3 Å². The Morgan fingerprint density at radius 2 is 2.27 bits per heavy atom. The number of halogens is 1. The molecule has 0 unspecified atom stereocenters. The predicted molar refractivity (Wildman–Crippen MR) is 60.6 cm³/mol. The minimum Gasteiger partial charge on any atom is -0.310 e. The zero-order chi connectivity index (χ0) is 10.5. The Bertz CT molecular complexity index is 440. The number of amides is 1. The Labute approximate surface area is 96.4 Å². The van der Waals surface area contributed by atoms with Crippen molar-refractivity contribution in [1.82, 2.24) is 4.98 Å². The smallest absolute Gasteiger partial charge is 0.232 e. The minimum atomic E-state index is -0.116. The molecule has 0 saturated heterocycles. The first-order chi connectivity index (χ1) is 7.20. The first kappa shape index (κ1) is 9.33. The lowest BCUT2D eigenvalue weighted by atomic mass is 9.63. The lowest BCUT2D eigenvalue weighted by molar-refractivity contribution is -0.130. The van der Waals surface area contributed by atoms with Crippen LogP contribution < -0.4 is 5.32 Å². The van der Waals surface area contributed by atoms with Crippen molar-refractivity contribution in [3.63, 3.8) is 0 Å². The monoisotopic (exact) mass is 266 g/mol. The van der Waals surface area contributed by atoms with Crippen LogP contribution in [-0.2, 0) is 11.2 Å². The van der Waals surface area contributed by atoms with Gasteiger partial charge in [0.1, 0.15) is 5.82 Å². The van der Waals surface area contributed by atoms with Crippen molar-refractivity contribution in [3.8, 4) is 0 Å². The van der Waals surface area contributed by atoms with Gasteiger partial charge in [0, 0.05) is 10.7 Å². The highest BCUT2D eigenvalue weighted by atomic mass is 79.9. The van der Waals surface area contributed by atoms with Gasteiger partial charge in [-0.3, -0.25) is 4.79 Å². The molecule has 15 heavy (non-hydrogen) atoms. The fourth-order valence-electron chi connectivity index (χ4n) is 2.42. The van der Waals surface area contributed by atoms with Gasteiger partial charge in [-0.15, -0.1) is 0 Å². The molecule has 3 rings (SSSR count). The highest BCUT2D eigenvalue weighted by Gasteiger charge is 2.47. The molecule has 1 aliphatic carbocycles. The number of rotatable bonds is 0. The molecule has 0 aromatic carbocycles. The summed E-state index contributed by atoms with van der Waals surface area (Å²) in [5.74, 6) is 0.900. The number of pyridine rings is 1. The van der Waals surface area contributed by atoms with Gasteiger partial charge in [-0.25, -0.2) is 4.98 Å². The lowest BCUT2D eigenvalue weighted by Crippen LogP contribution is -2.46. The molecule has 1 fully saturated rings. The fraction of sp³-hybridized carbons (Fsp3) is 0.455. The van der Waals surface area contributed by atoms with Crippen molar-refractivity contribution in [2.75, 3.05) is 5.32 Å². The third kappa shape index (κ3) is 1.31. The number of hydrogen-bond acceptors (Lipinski definition) is 2. The zero-order valence-corrected chi connectivity index (χ0v) is 9.80. The van der Waals surface area contributed by atoms with Crippen LogP contribution in [0.15, 0.2) is 16.7 Å².